The number of aromatic nitrogens is 1. The highest BCUT2D eigenvalue weighted by Crippen LogP contribution is 2.24. The van der Waals surface area contributed by atoms with Crippen molar-refractivity contribution in [2.24, 2.45) is 17.4 Å². The summed E-state index contributed by atoms with van der Waals surface area (Å²) in [6.07, 6.45) is 2.17. The molecule has 0 saturated heterocycles. The average molecular weight is 303 g/mol. The van der Waals surface area contributed by atoms with Gasteiger partial charge < -0.3 is 21.6 Å². The third kappa shape index (κ3) is 3.18. The summed E-state index contributed by atoms with van der Waals surface area (Å²) in [5.41, 5.74) is 12.1. The SMILES string of the molecule is CC(N)(Cc1c[nH]c2ccccc12)C(=O)C(CCN)C(=O)O. The van der Waals surface area contributed by atoms with Gasteiger partial charge in [0, 0.05) is 17.1 Å². The quantitative estimate of drug-likeness (QED) is 0.569. The fraction of sp³-hybridized carbons (Fsp3) is 0.375. The lowest BCUT2D eigenvalue weighted by atomic mass is 9.82. The van der Waals surface area contributed by atoms with Crippen LogP contribution < -0.4 is 11.5 Å². The number of aliphatic carboxylic acids is 1. The van der Waals surface area contributed by atoms with Gasteiger partial charge in [-0.25, -0.2) is 0 Å². The molecular weight excluding hydrogens is 282 g/mol. The van der Waals surface area contributed by atoms with Crippen molar-refractivity contribution < 1.29 is 14.7 Å². The molecule has 2 rings (SSSR count). The second-order valence-electron chi connectivity index (χ2n) is 5.79. The van der Waals surface area contributed by atoms with Crippen LogP contribution in [0.3, 0.4) is 0 Å². The predicted molar refractivity (Wildman–Crippen MR) is 84.4 cm³/mol. The van der Waals surface area contributed by atoms with Crippen molar-refractivity contribution in [2.75, 3.05) is 6.54 Å². The Morgan fingerprint density at radius 1 is 1.36 bits per heavy atom. The lowest BCUT2D eigenvalue weighted by molar-refractivity contribution is -0.148. The van der Waals surface area contributed by atoms with Gasteiger partial charge in [0.1, 0.15) is 5.92 Å². The van der Waals surface area contributed by atoms with Crippen LogP contribution in [0.15, 0.2) is 30.5 Å². The predicted octanol–water partition coefficient (Wildman–Crippen LogP) is 1.05. The van der Waals surface area contributed by atoms with Crippen molar-refractivity contribution in [3.63, 3.8) is 0 Å². The van der Waals surface area contributed by atoms with E-state index >= 15 is 0 Å². The monoisotopic (exact) mass is 303 g/mol. The zero-order valence-electron chi connectivity index (χ0n) is 12.5. The van der Waals surface area contributed by atoms with Gasteiger partial charge in [0.25, 0.3) is 0 Å². The van der Waals surface area contributed by atoms with E-state index in [1.54, 1.807) is 6.92 Å². The first-order valence-corrected chi connectivity index (χ1v) is 7.18. The maximum atomic E-state index is 12.5. The number of Topliss-reactive ketones (excluding diaryl/α,β-unsaturated/α-hetero) is 1. The van der Waals surface area contributed by atoms with Crippen molar-refractivity contribution in [3.8, 4) is 0 Å². The molecule has 1 aromatic heterocycles. The molecule has 0 aliphatic carbocycles. The van der Waals surface area contributed by atoms with Gasteiger partial charge in [0.2, 0.25) is 0 Å². The Morgan fingerprint density at radius 3 is 2.68 bits per heavy atom. The van der Waals surface area contributed by atoms with Crippen LogP contribution in [-0.2, 0) is 16.0 Å². The van der Waals surface area contributed by atoms with Crippen LogP contribution in [-0.4, -0.2) is 33.9 Å². The number of carbonyl (C=O) groups is 2. The minimum Gasteiger partial charge on any atom is -0.481 e. The van der Waals surface area contributed by atoms with Crippen molar-refractivity contribution in [1.29, 1.82) is 0 Å². The molecule has 0 amide bonds. The largest absolute Gasteiger partial charge is 0.481 e. The summed E-state index contributed by atoms with van der Waals surface area (Å²) in [4.78, 5) is 26.9. The maximum absolute atomic E-state index is 12.5. The first-order valence-electron chi connectivity index (χ1n) is 7.18. The summed E-state index contributed by atoms with van der Waals surface area (Å²) in [5, 5.41) is 10.2. The van der Waals surface area contributed by atoms with Crippen molar-refractivity contribution in [2.45, 2.75) is 25.3 Å². The van der Waals surface area contributed by atoms with Gasteiger partial charge >= 0.3 is 5.97 Å². The standard InChI is InChI=1S/C16H21N3O3/c1-16(18,14(20)12(6-7-17)15(21)22)8-10-9-19-13-5-3-2-4-11(10)13/h2-5,9,12,19H,6-8,17-18H2,1H3,(H,21,22). The van der Waals surface area contributed by atoms with Gasteiger partial charge in [-0.05, 0) is 37.9 Å². The minimum absolute atomic E-state index is 0.0921. The number of carboxylic acid groups (broad SMARTS) is 1. The third-order valence-corrected chi connectivity index (χ3v) is 3.87. The fourth-order valence-corrected chi connectivity index (χ4v) is 2.69. The molecule has 1 heterocycles. The molecule has 0 spiro atoms. The number of hydrogen-bond donors (Lipinski definition) is 4. The zero-order valence-corrected chi connectivity index (χ0v) is 12.5. The molecule has 0 bridgehead atoms. The molecule has 0 radical (unpaired) electrons. The molecule has 2 atom stereocenters. The van der Waals surface area contributed by atoms with Crippen LogP contribution in [0.5, 0.6) is 0 Å². The number of nitrogens with one attached hydrogen (secondary N) is 1. The van der Waals surface area contributed by atoms with Gasteiger partial charge in [-0.3, -0.25) is 9.59 Å². The summed E-state index contributed by atoms with van der Waals surface area (Å²) >= 11 is 0. The lowest BCUT2D eigenvalue weighted by Gasteiger charge is -2.26. The lowest BCUT2D eigenvalue weighted by Crippen LogP contribution is -2.51. The number of carboxylic acids is 1. The summed E-state index contributed by atoms with van der Waals surface area (Å²) < 4.78 is 0. The Labute approximate surface area is 128 Å². The number of nitrogens with two attached hydrogens (primary N) is 2. The Morgan fingerprint density at radius 2 is 2.05 bits per heavy atom. The highest BCUT2D eigenvalue weighted by atomic mass is 16.4. The van der Waals surface area contributed by atoms with Crippen LogP contribution >= 0.6 is 0 Å². The summed E-state index contributed by atoms with van der Waals surface area (Å²) in [6.45, 7) is 1.70. The maximum Gasteiger partial charge on any atom is 0.314 e. The molecule has 0 saturated carbocycles. The van der Waals surface area contributed by atoms with E-state index in [4.69, 9.17) is 11.5 Å². The average Bonchev–Trinajstić information content (AvgIpc) is 2.86. The number of ketones is 1. The second kappa shape index (κ2) is 6.29. The van der Waals surface area contributed by atoms with E-state index in [-0.39, 0.29) is 19.4 Å². The molecule has 6 N–H and O–H groups in total. The number of aromatic amines is 1. The Hall–Kier alpha value is -2.18. The second-order valence-corrected chi connectivity index (χ2v) is 5.79. The van der Waals surface area contributed by atoms with Crippen LogP contribution in [0.1, 0.15) is 18.9 Å². The van der Waals surface area contributed by atoms with Crippen molar-refractivity contribution in [3.05, 3.63) is 36.0 Å². The molecule has 0 aliphatic heterocycles. The number of hydrogen-bond acceptors (Lipinski definition) is 4. The van der Waals surface area contributed by atoms with E-state index in [9.17, 15) is 14.7 Å². The van der Waals surface area contributed by atoms with E-state index in [1.807, 2.05) is 30.5 Å². The van der Waals surface area contributed by atoms with Gasteiger partial charge in [0.15, 0.2) is 5.78 Å². The fourth-order valence-electron chi connectivity index (χ4n) is 2.69. The summed E-state index contributed by atoms with van der Waals surface area (Å²) in [7, 11) is 0. The van der Waals surface area contributed by atoms with E-state index in [1.165, 1.54) is 0 Å². The third-order valence-electron chi connectivity index (χ3n) is 3.87. The first-order chi connectivity index (χ1) is 10.4. The molecule has 0 fully saturated rings. The number of benzene rings is 1. The van der Waals surface area contributed by atoms with Gasteiger partial charge in [-0.15, -0.1) is 0 Å². The molecule has 0 aliphatic rings. The van der Waals surface area contributed by atoms with Crippen molar-refractivity contribution in [1.82, 2.24) is 4.98 Å². The number of rotatable bonds is 7. The summed E-state index contributed by atoms with van der Waals surface area (Å²) in [6, 6.07) is 7.69. The van der Waals surface area contributed by atoms with Crippen molar-refractivity contribution >= 4 is 22.7 Å². The van der Waals surface area contributed by atoms with E-state index in [0.717, 1.165) is 16.5 Å². The molecule has 6 nitrogen and oxygen atoms in total. The Balaban J connectivity index is 2.26. The normalized spacial score (nSPS) is 15.4. The van der Waals surface area contributed by atoms with Crippen LogP contribution in [0.25, 0.3) is 10.9 Å². The van der Waals surface area contributed by atoms with E-state index < -0.39 is 23.2 Å². The zero-order chi connectivity index (χ0) is 16.3. The molecule has 2 aromatic rings. The molecular formula is C16H21N3O3. The molecule has 6 heteroatoms. The van der Waals surface area contributed by atoms with Crippen LogP contribution in [0.2, 0.25) is 0 Å². The topological polar surface area (TPSA) is 122 Å². The number of fused-ring (bicyclic) bond motifs is 1. The molecule has 22 heavy (non-hydrogen) atoms. The molecule has 2 unspecified atom stereocenters. The highest BCUT2D eigenvalue weighted by Gasteiger charge is 2.38. The minimum atomic E-state index is -1.26. The highest BCUT2D eigenvalue weighted by molar-refractivity contribution is 6.03. The summed E-state index contributed by atoms with van der Waals surface area (Å²) in [5.74, 6) is -2.83. The first kappa shape index (κ1) is 16.2. The Bertz CT molecular complexity index is 691. The van der Waals surface area contributed by atoms with Gasteiger partial charge in [-0.2, -0.15) is 0 Å². The molecule has 118 valence electrons. The van der Waals surface area contributed by atoms with Gasteiger partial charge in [-0.1, -0.05) is 18.2 Å². The number of carbonyl (C=O) groups excluding carboxylic acids is 1. The van der Waals surface area contributed by atoms with Crippen LogP contribution in [0, 0.1) is 5.92 Å². The number of para-hydroxylation sites is 1. The van der Waals surface area contributed by atoms with E-state index in [2.05, 4.69) is 4.98 Å². The number of H-pyrrole nitrogens is 1. The smallest absolute Gasteiger partial charge is 0.314 e. The molecule has 1 aromatic carbocycles. The Kier molecular flexibility index (Phi) is 4.63. The van der Waals surface area contributed by atoms with E-state index in [0.29, 0.717) is 0 Å². The van der Waals surface area contributed by atoms with Gasteiger partial charge in [0.05, 0.1) is 5.54 Å². The van der Waals surface area contributed by atoms with Crippen LogP contribution in [0.4, 0.5) is 0 Å².